The lowest BCUT2D eigenvalue weighted by Crippen LogP contribution is -2.42. The van der Waals surface area contributed by atoms with Crippen LogP contribution in [0.1, 0.15) is 18.4 Å². The molecule has 0 saturated heterocycles. The van der Waals surface area contributed by atoms with E-state index in [2.05, 4.69) is 10.3 Å². The fraction of sp³-hybridized carbons (Fsp3) is 0.615. The van der Waals surface area contributed by atoms with Crippen LogP contribution in [0.25, 0.3) is 0 Å². The number of rotatable bonds is 6. The van der Waals surface area contributed by atoms with Crippen LogP contribution in [0.4, 0.5) is 5.69 Å². The second-order valence-electron chi connectivity index (χ2n) is 4.71. The van der Waals surface area contributed by atoms with Gasteiger partial charge in [-0.15, -0.1) is 0 Å². The van der Waals surface area contributed by atoms with E-state index in [1.165, 1.54) is 12.8 Å². The van der Waals surface area contributed by atoms with Gasteiger partial charge in [0.1, 0.15) is 0 Å². The van der Waals surface area contributed by atoms with Crippen LogP contribution in [0, 0.1) is 5.92 Å². The third-order valence-electron chi connectivity index (χ3n) is 3.51. The Bertz CT molecular complexity index is 365. The van der Waals surface area contributed by atoms with E-state index in [1.54, 1.807) is 13.3 Å². The molecular formula is C13H21N3O. The number of nitrogens with two attached hydrogens (primary N) is 1. The molecule has 2 rings (SSSR count). The van der Waals surface area contributed by atoms with Gasteiger partial charge in [-0.1, -0.05) is 0 Å². The van der Waals surface area contributed by atoms with E-state index in [9.17, 15) is 0 Å². The molecule has 17 heavy (non-hydrogen) atoms. The summed E-state index contributed by atoms with van der Waals surface area (Å²) in [5.41, 5.74) is 7.85. The van der Waals surface area contributed by atoms with Crippen molar-refractivity contribution in [3.05, 3.63) is 24.0 Å². The van der Waals surface area contributed by atoms with E-state index in [-0.39, 0.29) is 6.10 Å². The highest BCUT2D eigenvalue weighted by atomic mass is 16.5. The summed E-state index contributed by atoms with van der Waals surface area (Å²) >= 11 is 0. The summed E-state index contributed by atoms with van der Waals surface area (Å²) < 4.78 is 5.62. The van der Waals surface area contributed by atoms with Gasteiger partial charge in [0.2, 0.25) is 0 Å². The van der Waals surface area contributed by atoms with Gasteiger partial charge >= 0.3 is 0 Å². The molecular weight excluding hydrogens is 214 g/mol. The fourth-order valence-corrected chi connectivity index (χ4v) is 2.34. The van der Waals surface area contributed by atoms with Gasteiger partial charge in [-0.2, -0.15) is 0 Å². The summed E-state index contributed by atoms with van der Waals surface area (Å²) in [6, 6.07) is 2.15. The van der Waals surface area contributed by atoms with E-state index < -0.39 is 0 Å². The Hall–Kier alpha value is -1.13. The summed E-state index contributed by atoms with van der Waals surface area (Å²) in [6.45, 7) is 0. The molecule has 3 N–H and O–H groups in total. The van der Waals surface area contributed by atoms with Crippen molar-refractivity contribution in [3.63, 3.8) is 0 Å². The van der Waals surface area contributed by atoms with E-state index in [4.69, 9.17) is 10.5 Å². The Labute approximate surface area is 103 Å². The first-order valence-corrected chi connectivity index (χ1v) is 6.14. The first-order valence-electron chi connectivity index (χ1n) is 6.14. The normalized spacial score (nSPS) is 18.9. The second kappa shape index (κ2) is 5.47. The van der Waals surface area contributed by atoms with Crippen LogP contribution in [0.3, 0.4) is 0 Å². The zero-order valence-corrected chi connectivity index (χ0v) is 10.5. The number of likely N-dealkylation sites (N-methyl/N-ethyl adjacent to an activating group) is 1. The molecule has 0 aromatic carbocycles. The fourth-order valence-electron chi connectivity index (χ4n) is 2.34. The van der Waals surface area contributed by atoms with Gasteiger partial charge in [-0.05, 0) is 43.9 Å². The lowest BCUT2D eigenvalue weighted by molar-refractivity contribution is 0.0534. The maximum Gasteiger partial charge on any atom is 0.0755 e. The number of nitrogens with zero attached hydrogens (tertiary/aromatic N) is 1. The van der Waals surface area contributed by atoms with Crippen LogP contribution in [-0.4, -0.2) is 31.3 Å². The van der Waals surface area contributed by atoms with E-state index in [0.29, 0.717) is 12.0 Å². The summed E-state index contributed by atoms with van der Waals surface area (Å²) in [4.78, 5) is 4.13. The third kappa shape index (κ3) is 2.96. The Balaban J connectivity index is 2.06. The summed E-state index contributed by atoms with van der Waals surface area (Å²) in [7, 11) is 3.77. The largest absolute Gasteiger partial charge is 0.398 e. The first kappa shape index (κ1) is 12.3. The van der Waals surface area contributed by atoms with E-state index in [0.717, 1.165) is 17.7 Å². The molecule has 1 aliphatic carbocycles. The summed E-state index contributed by atoms with van der Waals surface area (Å²) in [6.07, 6.45) is 7.27. The zero-order valence-electron chi connectivity index (χ0n) is 10.5. The van der Waals surface area contributed by atoms with Crippen molar-refractivity contribution in [2.75, 3.05) is 19.9 Å². The average Bonchev–Trinajstić information content (AvgIpc) is 3.15. The number of ether oxygens (including phenoxy) is 1. The number of aromatic nitrogens is 1. The minimum Gasteiger partial charge on any atom is -0.398 e. The molecule has 1 heterocycles. The van der Waals surface area contributed by atoms with Crippen LogP contribution in [-0.2, 0) is 11.2 Å². The van der Waals surface area contributed by atoms with E-state index in [1.807, 2.05) is 19.3 Å². The lowest BCUT2D eigenvalue weighted by atomic mass is 9.98. The molecule has 0 radical (unpaired) electrons. The third-order valence-corrected chi connectivity index (χ3v) is 3.51. The molecule has 94 valence electrons. The monoisotopic (exact) mass is 235 g/mol. The maximum absolute atomic E-state index is 5.95. The second-order valence-corrected chi connectivity index (χ2v) is 4.71. The van der Waals surface area contributed by atoms with Gasteiger partial charge in [0.05, 0.1) is 6.10 Å². The Morgan fingerprint density at radius 3 is 2.88 bits per heavy atom. The van der Waals surface area contributed by atoms with Gasteiger partial charge in [-0.3, -0.25) is 4.98 Å². The standard InChI is InChI=1S/C13H21N3O/c1-15-12(13(17-2)9-3-4-9)7-10-8-16-6-5-11(10)14/h5-6,8-9,12-13,15H,3-4,7H2,1-2H3,(H2,14,16). The van der Waals surface area contributed by atoms with Crippen LogP contribution < -0.4 is 11.1 Å². The molecule has 0 spiro atoms. The smallest absolute Gasteiger partial charge is 0.0755 e. The number of nitrogen functional groups attached to an aromatic ring is 1. The number of pyridine rings is 1. The van der Waals surface area contributed by atoms with Crippen molar-refractivity contribution in [1.82, 2.24) is 10.3 Å². The van der Waals surface area contributed by atoms with Gasteiger partial charge in [-0.25, -0.2) is 0 Å². The molecule has 0 amide bonds. The molecule has 2 unspecified atom stereocenters. The molecule has 1 fully saturated rings. The lowest BCUT2D eigenvalue weighted by Gasteiger charge is -2.26. The van der Waals surface area contributed by atoms with Gasteiger partial charge in [0, 0.05) is 31.2 Å². The number of hydrogen-bond donors (Lipinski definition) is 2. The van der Waals surface area contributed by atoms with Crippen molar-refractivity contribution < 1.29 is 4.74 Å². The number of nitrogens with one attached hydrogen (secondary N) is 1. The molecule has 1 aromatic rings. The van der Waals surface area contributed by atoms with Gasteiger partial charge in [0.25, 0.3) is 0 Å². The molecule has 1 saturated carbocycles. The number of hydrogen-bond acceptors (Lipinski definition) is 4. The Morgan fingerprint density at radius 2 is 2.35 bits per heavy atom. The topological polar surface area (TPSA) is 60.2 Å². The highest BCUT2D eigenvalue weighted by molar-refractivity contribution is 5.44. The van der Waals surface area contributed by atoms with Crippen LogP contribution in [0.15, 0.2) is 18.5 Å². The van der Waals surface area contributed by atoms with Gasteiger partial charge in [0.15, 0.2) is 0 Å². The Kier molecular flexibility index (Phi) is 3.97. The summed E-state index contributed by atoms with van der Waals surface area (Å²) in [5, 5.41) is 3.34. The Morgan fingerprint density at radius 1 is 1.59 bits per heavy atom. The minimum atomic E-state index is 0.277. The SMILES string of the molecule is CNC(Cc1cnccc1N)C(OC)C1CC1. The zero-order chi connectivity index (χ0) is 12.3. The van der Waals surface area contributed by atoms with Crippen molar-refractivity contribution in [2.24, 2.45) is 5.92 Å². The molecule has 4 nitrogen and oxygen atoms in total. The van der Waals surface area contributed by atoms with Crippen LogP contribution >= 0.6 is 0 Å². The molecule has 1 aromatic heterocycles. The van der Waals surface area contributed by atoms with Crippen LogP contribution in [0.5, 0.6) is 0 Å². The average molecular weight is 235 g/mol. The van der Waals surface area contributed by atoms with Crippen LogP contribution in [0.2, 0.25) is 0 Å². The quantitative estimate of drug-likeness (QED) is 0.778. The summed E-state index contributed by atoms with van der Waals surface area (Å²) in [5.74, 6) is 0.704. The maximum atomic E-state index is 5.95. The van der Waals surface area contributed by atoms with Gasteiger partial charge < -0.3 is 15.8 Å². The molecule has 0 aliphatic heterocycles. The van der Waals surface area contributed by atoms with E-state index >= 15 is 0 Å². The van der Waals surface area contributed by atoms with Crippen molar-refractivity contribution in [1.29, 1.82) is 0 Å². The first-order chi connectivity index (χ1) is 8.26. The van der Waals surface area contributed by atoms with Crippen molar-refractivity contribution in [2.45, 2.75) is 31.4 Å². The highest BCUT2D eigenvalue weighted by Crippen LogP contribution is 2.36. The molecule has 2 atom stereocenters. The molecule has 0 bridgehead atoms. The molecule has 4 heteroatoms. The predicted octanol–water partition coefficient (Wildman–Crippen LogP) is 1.22. The van der Waals surface area contributed by atoms with Crippen molar-refractivity contribution in [3.8, 4) is 0 Å². The predicted molar refractivity (Wildman–Crippen MR) is 68.7 cm³/mol. The molecule has 1 aliphatic rings. The van der Waals surface area contributed by atoms with Crippen molar-refractivity contribution >= 4 is 5.69 Å². The number of anilines is 1. The number of methoxy groups -OCH3 is 1. The minimum absolute atomic E-state index is 0.277. The highest BCUT2D eigenvalue weighted by Gasteiger charge is 2.36.